The van der Waals surface area contributed by atoms with Crippen LogP contribution in [0.25, 0.3) is 0 Å². The fraction of sp³-hybridized carbons (Fsp3) is 0.471. The third-order valence-corrected chi connectivity index (χ3v) is 4.36. The SMILES string of the molecule is Cc1ncc2c(c1CNC(=O)CCCc1cn[nH]c1)CCNC2. The summed E-state index contributed by atoms with van der Waals surface area (Å²) in [6, 6.07) is 0. The second kappa shape index (κ2) is 7.37. The van der Waals surface area contributed by atoms with Crippen molar-refractivity contribution in [3.05, 3.63) is 46.5 Å². The molecule has 1 amide bonds. The minimum Gasteiger partial charge on any atom is -0.352 e. The number of aromatic amines is 1. The van der Waals surface area contributed by atoms with Gasteiger partial charge < -0.3 is 10.6 Å². The van der Waals surface area contributed by atoms with Crippen LogP contribution in [0.3, 0.4) is 0 Å². The van der Waals surface area contributed by atoms with Crippen LogP contribution >= 0.6 is 0 Å². The van der Waals surface area contributed by atoms with E-state index in [0.29, 0.717) is 13.0 Å². The Kier molecular flexibility index (Phi) is 5.02. The quantitative estimate of drug-likeness (QED) is 0.753. The predicted octanol–water partition coefficient (Wildman–Crippen LogP) is 1.40. The van der Waals surface area contributed by atoms with E-state index in [1.54, 1.807) is 6.20 Å². The molecule has 0 radical (unpaired) electrons. The number of fused-ring (bicyclic) bond motifs is 1. The molecular formula is C17H23N5O. The highest BCUT2D eigenvalue weighted by atomic mass is 16.1. The molecular weight excluding hydrogens is 290 g/mol. The van der Waals surface area contributed by atoms with Crippen molar-refractivity contribution < 1.29 is 4.79 Å². The monoisotopic (exact) mass is 313 g/mol. The molecule has 2 aromatic heterocycles. The van der Waals surface area contributed by atoms with Gasteiger partial charge in [-0.15, -0.1) is 0 Å². The number of aryl methyl sites for hydroxylation is 2. The van der Waals surface area contributed by atoms with E-state index >= 15 is 0 Å². The van der Waals surface area contributed by atoms with Crippen LogP contribution in [0.4, 0.5) is 0 Å². The van der Waals surface area contributed by atoms with Crippen LogP contribution in [0, 0.1) is 6.92 Å². The lowest BCUT2D eigenvalue weighted by molar-refractivity contribution is -0.121. The third kappa shape index (κ3) is 3.96. The van der Waals surface area contributed by atoms with Gasteiger partial charge >= 0.3 is 0 Å². The molecule has 6 heteroatoms. The molecule has 1 aliphatic rings. The molecule has 122 valence electrons. The van der Waals surface area contributed by atoms with Gasteiger partial charge in [-0.25, -0.2) is 0 Å². The summed E-state index contributed by atoms with van der Waals surface area (Å²) in [7, 11) is 0. The molecule has 0 aromatic carbocycles. The summed E-state index contributed by atoms with van der Waals surface area (Å²) in [6.45, 7) is 4.45. The highest BCUT2D eigenvalue weighted by Crippen LogP contribution is 2.20. The first-order valence-corrected chi connectivity index (χ1v) is 8.15. The molecule has 3 heterocycles. The summed E-state index contributed by atoms with van der Waals surface area (Å²) in [4.78, 5) is 16.5. The number of nitrogens with zero attached hydrogens (tertiary/aromatic N) is 2. The van der Waals surface area contributed by atoms with Crippen molar-refractivity contribution in [1.29, 1.82) is 0 Å². The molecule has 6 nitrogen and oxygen atoms in total. The van der Waals surface area contributed by atoms with Crippen LogP contribution in [0.1, 0.15) is 40.8 Å². The van der Waals surface area contributed by atoms with E-state index in [-0.39, 0.29) is 5.91 Å². The maximum atomic E-state index is 12.1. The van der Waals surface area contributed by atoms with Crippen molar-refractivity contribution in [2.24, 2.45) is 0 Å². The summed E-state index contributed by atoms with van der Waals surface area (Å²) >= 11 is 0. The van der Waals surface area contributed by atoms with E-state index in [4.69, 9.17) is 0 Å². The van der Waals surface area contributed by atoms with Crippen LogP contribution < -0.4 is 10.6 Å². The lowest BCUT2D eigenvalue weighted by Crippen LogP contribution is -2.28. The number of nitrogens with one attached hydrogen (secondary N) is 3. The average Bonchev–Trinajstić information content (AvgIpc) is 3.07. The molecule has 0 atom stereocenters. The normalized spacial score (nSPS) is 13.6. The molecule has 1 aliphatic heterocycles. The predicted molar refractivity (Wildman–Crippen MR) is 87.8 cm³/mol. The van der Waals surface area contributed by atoms with Gasteiger partial charge in [-0.3, -0.25) is 14.9 Å². The maximum Gasteiger partial charge on any atom is 0.220 e. The Morgan fingerprint density at radius 1 is 1.39 bits per heavy atom. The van der Waals surface area contributed by atoms with Gasteiger partial charge in [0.25, 0.3) is 0 Å². The van der Waals surface area contributed by atoms with E-state index in [1.165, 1.54) is 16.7 Å². The average molecular weight is 313 g/mol. The standard InChI is InChI=1S/C17H23N5O/c1-12-16(15-5-6-18-9-14(15)10-19-12)11-20-17(23)4-2-3-13-7-21-22-8-13/h7-8,10,18H,2-6,9,11H2,1H3,(H,20,23)(H,21,22). The first-order chi connectivity index (χ1) is 11.2. The number of aromatic nitrogens is 3. The van der Waals surface area contributed by atoms with Crippen LogP contribution in [-0.2, 0) is 30.7 Å². The zero-order chi connectivity index (χ0) is 16.1. The fourth-order valence-corrected chi connectivity index (χ4v) is 3.02. The van der Waals surface area contributed by atoms with Crippen LogP contribution in [-0.4, -0.2) is 27.6 Å². The van der Waals surface area contributed by atoms with Crippen molar-refractivity contribution in [3.63, 3.8) is 0 Å². The first-order valence-electron chi connectivity index (χ1n) is 8.15. The summed E-state index contributed by atoms with van der Waals surface area (Å²) in [6.07, 6.45) is 8.87. The topological polar surface area (TPSA) is 82.7 Å². The van der Waals surface area contributed by atoms with Crippen molar-refractivity contribution >= 4 is 5.91 Å². The number of H-pyrrole nitrogens is 1. The van der Waals surface area contributed by atoms with Crippen molar-refractivity contribution in [2.75, 3.05) is 6.54 Å². The molecule has 0 bridgehead atoms. The summed E-state index contributed by atoms with van der Waals surface area (Å²) < 4.78 is 0. The Balaban J connectivity index is 1.52. The van der Waals surface area contributed by atoms with Gasteiger partial charge in [0.2, 0.25) is 5.91 Å². The van der Waals surface area contributed by atoms with Crippen molar-refractivity contribution in [1.82, 2.24) is 25.8 Å². The van der Waals surface area contributed by atoms with E-state index in [9.17, 15) is 4.79 Å². The second-order valence-corrected chi connectivity index (χ2v) is 5.99. The molecule has 0 saturated heterocycles. The fourth-order valence-electron chi connectivity index (χ4n) is 3.02. The zero-order valence-corrected chi connectivity index (χ0v) is 13.5. The van der Waals surface area contributed by atoms with E-state index in [2.05, 4.69) is 25.8 Å². The van der Waals surface area contributed by atoms with E-state index in [1.807, 2.05) is 19.3 Å². The largest absolute Gasteiger partial charge is 0.352 e. The molecule has 3 rings (SSSR count). The van der Waals surface area contributed by atoms with Crippen LogP contribution in [0.5, 0.6) is 0 Å². The molecule has 0 unspecified atom stereocenters. The summed E-state index contributed by atoms with van der Waals surface area (Å²) in [5.41, 5.74) is 5.96. The molecule has 0 fully saturated rings. The smallest absolute Gasteiger partial charge is 0.220 e. The number of hydrogen-bond acceptors (Lipinski definition) is 4. The second-order valence-electron chi connectivity index (χ2n) is 5.99. The van der Waals surface area contributed by atoms with Gasteiger partial charge in [-0.1, -0.05) is 0 Å². The molecule has 2 aromatic rings. The maximum absolute atomic E-state index is 12.1. The Bertz CT molecular complexity index is 666. The van der Waals surface area contributed by atoms with Crippen LogP contribution in [0.2, 0.25) is 0 Å². The molecule has 0 aliphatic carbocycles. The van der Waals surface area contributed by atoms with Gasteiger partial charge in [0, 0.05) is 37.6 Å². The first kappa shape index (κ1) is 15.7. The number of carbonyl (C=O) groups excluding carboxylic acids is 1. The third-order valence-electron chi connectivity index (χ3n) is 4.36. The molecule has 3 N–H and O–H groups in total. The van der Waals surface area contributed by atoms with Gasteiger partial charge in [0.15, 0.2) is 0 Å². The van der Waals surface area contributed by atoms with Crippen molar-refractivity contribution in [3.8, 4) is 0 Å². The highest BCUT2D eigenvalue weighted by Gasteiger charge is 2.16. The van der Waals surface area contributed by atoms with Crippen LogP contribution in [0.15, 0.2) is 18.6 Å². The number of carbonyl (C=O) groups is 1. The van der Waals surface area contributed by atoms with Gasteiger partial charge in [-0.05, 0) is 55.0 Å². The number of hydrogen-bond donors (Lipinski definition) is 3. The number of pyridine rings is 1. The van der Waals surface area contributed by atoms with Gasteiger partial charge in [0.1, 0.15) is 0 Å². The molecule has 0 spiro atoms. The molecule has 23 heavy (non-hydrogen) atoms. The Morgan fingerprint density at radius 3 is 3.13 bits per heavy atom. The highest BCUT2D eigenvalue weighted by molar-refractivity contribution is 5.75. The minimum absolute atomic E-state index is 0.0967. The lowest BCUT2D eigenvalue weighted by atomic mass is 9.96. The number of rotatable bonds is 6. The Hall–Kier alpha value is -2.21. The van der Waals surface area contributed by atoms with E-state index in [0.717, 1.165) is 43.6 Å². The summed E-state index contributed by atoms with van der Waals surface area (Å²) in [5, 5.41) is 13.1. The minimum atomic E-state index is 0.0967. The lowest BCUT2D eigenvalue weighted by Gasteiger charge is -2.21. The van der Waals surface area contributed by atoms with Crippen molar-refractivity contribution in [2.45, 2.75) is 45.7 Å². The van der Waals surface area contributed by atoms with Gasteiger partial charge in [-0.2, -0.15) is 5.10 Å². The Morgan fingerprint density at radius 2 is 2.30 bits per heavy atom. The zero-order valence-electron chi connectivity index (χ0n) is 13.5. The molecule has 0 saturated carbocycles. The Labute approximate surface area is 136 Å². The number of amides is 1. The van der Waals surface area contributed by atoms with Gasteiger partial charge in [0.05, 0.1) is 6.20 Å². The van der Waals surface area contributed by atoms with E-state index < -0.39 is 0 Å². The summed E-state index contributed by atoms with van der Waals surface area (Å²) in [5.74, 6) is 0.0967.